The quantitative estimate of drug-likeness (QED) is 0.587. The zero-order chi connectivity index (χ0) is 18.0. The second-order valence-electron chi connectivity index (χ2n) is 5.21. The summed E-state index contributed by atoms with van der Waals surface area (Å²) in [6, 6.07) is 12.5. The summed E-state index contributed by atoms with van der Waals surface area (Å²) in [5, 5.41) is 8.01. The number of hydrogen-bond acceptors (Lipinski definition) is 4. The fourth-order valence-corrected chi connectivity index (χ4v) is 3.26. The van der Waals surface area contributed by atoms with Crippen LogP contribution in [0, 0.1) is 0 Å². The van der Waals surface area contributed by atoms with Gasteiger partial charge in [0.1, 0.15) is 10.2 Å². The summed E-state index contributed by atoms with van der Waals surface area (Å²) in [6.07, 6.45) is 1.53. The molecule has 3 rings (SSSR count). The first-order valence-corrected chi connectivity index (χ1v) is 8.83. The lowest BCUT2D eigenvalue weighted by molar-refractivity contribution is 0.801. The fraction of sp³-hybridized carbons (Fsp3) is 0.0588. The highest BCUT2D eigenvalue weighted by atomic mass is 79.9. The van der Waals surface area contributed by atoms with Gasteiger partial charge in [0.2, 0.25) is 0 Å². The molecule has 0 saturated heterocycles. The van der Waals surface area contributed by atoms with E-state index in [9.17, 15) is 4.79 Å². The molecule has 0 atom stereocenters. The normalized spacial score (nSPS) is 10.7. The van der Waals surface area contributed by atoms with Gasteiger partial charge in [-0.15, -0.1) is 0 Å². The molecule has 0 bridgehead atoms. The molecule has 5 nitrogen and oxygen atoms in total. The number of aromatic nitrogens is 2. The number of nitrogens with one attached hydrogen (secondary N) is 1. The van der Waals surface area contributed by atoms with Crippen LogP contribution in [0.25, 0.3) is 5.69 Å². The largest absolute Gasteiger partial charge is 0.398 e. The Morgan fingerprint density at radius 3 is 2.48 bits per heavy atom. The first-order valence-electron chi connectivity index (χ1n) is 7.28. The van der Waals surface area contributed by atoms with E-state index in [-0.39, 0.29) is 5.56 Å². The molecule has 0 spiro atoms. The average Bonchev–Trinajstić information content (AvgIpc) is 2.59. The van der Waals surface area contributed by atoms with Gasteiger partial charge in [-0.05, 0) is 39.7 Å². The minimum Gasteiger partial charge on any atom is -0.398 e. The van der Waals surface area contributed by atoms with E-state index >= 15 is 0 Å². The van der Waals surface area contributed by atoms with Crippen LogP contribution in [0.15, 0.2) is 57.9 Å². The molecule has 3 N–H and O–H groups in total. The van der Waals surface area contributed by atoms with Crippen molar-refractivity contribution in [3.63, 3.8) is 0 Å². The van der Waals surface area contributed by atoms with Crippen molar-refractivity contribution in [2.24, 2.45) is 0 Å². The zero-order valence-corrected chi connectivity index (χ0v) is 15.9. The van der Waals surface area contributed by atoms with Gasteiger partial charge in [-0.3, -0.25) is 4.79 Å². The molecule has 0 aliphatic heterocycles. The molecule has 2 aromatic carbocycles. The maximum atomic E-state index is 12.6. The lowest BCUT2D eigenvalue weighted by atomic mass is 10.2. The van der Waals surface area contributed by atoms with Gasteiger partial charge in [0.05, 0.1) is 21.9 Å². The minimum absolute atomic E-state index is 0.327. The van der Waals surface area contributed by atoms with Crippen LogP contribution in [0.4, 0.5) is 11.4 Å². The molecule has 0 amide bonds. The first kappa shape index (κ1) is 17.8. The third-order valence-corrected chi connectivity index (χ3v) is 4.97. The molecule has 0 aliphatic rings. The summed E-state index contributed by atoms with van der Waals surface area (Å²) in [5.74, 6) is 0. The van der Waals surface area contributed by atoms with Crippen molar-refractivity contribution in [1.82, 2.24) is 9.78 Å². The van der Waals surface area contributed by atoms with Crippen LogP contribution in [0.3, 0.4) is 0 Å². The lowest BCUT2D eigenvalue weighted by Crippen LogP contribution is -2.23. The molecule has 0 aliphatic carbocycles. The topological polar surface area (TPSA) is 72.9 Å². The number of halogens is 3. The van der Waals surface area contributed by atoms with E-state index in [1.165, 1.54) is 6.20 Å². The monoisotopic (exact) mass is 438 g/mol. The number of nitrogen functional groups attached to an aromatic ring is 1. The van der Waals surface area contributed by atoms with Gasteiger partial charge >= 0.3 is 0 Å². The summed E-state index contributed by atoms with van der Waals surface area (Å²) in [5.41, 5.74) is 8.04. The molecule has 1 heterocycles. The third-order valence-electron chi connectivity index (χ3n) is 3.59. The molecule has 1 aromatic heterocycles. The second kappa shape index (κ2) is 7.47. The van der Waals surface area contributed by atoms with Crippen LogP contribution < -0.4 is 16.6 Å². The van der Waals surface area contributed by atoms with E-state index in [1.807, 2.05) is 24.3 Å². The van der Waals surface area contributed by atoms with E-state index in [0.717, 1.165) is 10.2 Å². The minimum atomic E-state index is -0.374. The molecule has 0 radical (unpaired) electrons. The summed E-state index contributed by atoms with van der Waals surface area (Å²) < 4.78 is 1.49. The Kier molecular flexibility index (Phi) is 5.32. The zero-order valence-electron chi connectivity index (χ0n) is 12.8. The second-order valence-corrected chi connectivity index (χ2v) is 6.82. The van der Waals surface area contributed by atoms with Crippen molar-refractivity contribution in [2.75, 3.05) is 11.1 Å². The molecule has 8 heteroatoms. The Bertz CT molecular complexity index is 970. The number of nitrogens with zero attached hydrogens (tertiary/aromatic N) is 2. The highest BCUT2D eigenvalue weighted by molar-refractivity contribution is 9.10. The van der Waals surface area contributed by atoms with Crippen LogP contribution in [0.2, 0.25) is 10.0 Å². The Morgan fingerprint density at radius 1 is 1.12 bits per heavy atom. The number of anilines is 2. The predicted molar refractivity (Wildman–Crippen MR) is 106 cm³/mol. The standard InChI is InChI=1S/C17H13BrCl2N4O/c18-15-14(22-8-10-4-1-2-7-13(10)21)9-23-24(17(15)25)16-11(19)5-3-6-12(16)20/h1-7,9,22H,8,21H2. The van der Waals surface area contributed by atoms with E-state index < -0.39 is 0 Å². The van der Waals surface area contributed by atoms with Crippen molar-refractivity contribution in [2.45, 2.75) is 6.54 Å². The van der Waals surface area contributed by atoms with Gasteiger partial charge in [0.25, 0.3) is 5.56 Å². The Labute approximate surface area is 162 Å². The molecule has 0 saturated carbocycles. The maximum absolute atomic E-state index is 12.6. The number of para-hydroxylation sites is 2. The van der Waals surface area contributed by atoms with Gasteiger partial charge in [-0.1, -0.05) is 47.5 Å². The van der Waals surface area contributed by atoms with Gasteiger partial charge in [0, 0.05) is 12.2 Å². The van der Waals surface area contributed by atoms with Crippen LogP contribution >= 0.6 is 39.1 Å². The molecular weight excluding hydrogens is 427 g/mol. The van der Waals surface area contributed by atoms with E-state index in [0.29, 0.717) is 38.1 Å². The molecule has 0 fully saturated rings. The van der Waals surface area contributed by atoms with Crippen LogP contribution in [0.1, 0.15) is 5.56 Å². The van der Waals surface area contributed by atoms with E-state index in [2.05, 4.69) is 26.3 Å². The van der Waals surface area contributed by atoms with Crippen molar-refractivity contribution in [3.05, 3.63) is 79.1 Å². The first-order chi connectivity index (χ1) is 12.0. The van der Waals surface area contributed by atoms with Gasteiger partial charge in [-0.2, -0.15) is 9.78 Å². The lowest BCUT2D eigenvalue weighted by Gasteiger charge is -2.13. The molecular formula is C17H13BrCl2N4O. The summed E-state index contributed by atoms with van der Waals surface area (Å²) in [7, 11) is 0. The van der Waals surface area contributed by atoms with Crippen LogP contribution in [-0.4, -0.2) is 9.78 Å². The number of benzene rings is 2. The molecule has 128 valence electrons. The van der Waals surface area contributed by atoms with Gasteiger partial charge in [-0.25, -0.2) is 0 Å². The number of nitrogens with two attached hydrogens (primary N) is 1. The SMILES string of the molecule is Nc1ccccc1CNc1cnn(-c2c(Cl)cccc2Cl)c(=O)c1Br. The van der Waals surface area contributed by atoms with Gasteiger partial charge < -0.3 is 11.1 Å². The third kappa shape index (κ3) is 3.66. The maximum Gasteiger partial charge on any atom is 0.288 e. The summed E-state index contributed by atoms with van der Waals surface area (Å²) in [6.45, 7) is 0.462. The van der Waals surface area contributed by atoms with Crippen LogP contribution in [-0.2, 0) is 6.54 Å². The van der Waals surface area contributed by atoms with Crippen molar-refractivity contribution >= 4 is 50.5 Å². The Morgan fingerprint density at radius 2 is 1.80 bits per heavy atom. The van der Waals surface area contributed by atoms with Gasteiger partial charge in [0.15, 0.2) is 0 Å². The highest BCUT2D eigenvalue weighted by Crippen LogP contribution is 2.28. The van der Waals surface area contributed by atoms with Crippen molar-refractivity contribution < 1.29 is 0 Å². The average molecular weight is 440 g/mol. The fourth-order valence-electron chi connectivity index (χ4n) is 2.29. The Hall–Kier alpha value is -2.02. The number of hydrogen-bond donors (Lipinski definition) is 2. The van der Waals surface area contributed by atoms with Crippen molar-refractivity contribution in [1.29, 1.82) is 0 Å². The smallest absolute Gasteiger partial charge is 0.288 e. The Balaban J connectivity index is 1.94. The number of rotatable bonds is 4. The summed E-state index contributed by atoms with van der Waals surface area (Å²) in [4.78, 5) is 12.6. The molecule has 0 unspecified atom stereocenters. The van der Waals surface area contributed by atoms with E-state index in [1.54, 1.807) is 18.2 Å². The highest BCUT2D eigenvalue weighted by Gasteiger charge is 2.15. The van der Waals surface area contributed by atoms with Crippen LogP contribution in [0.5, 0.6) is 0 Å². The van der Waals surface area contributed by atoms with Crippen molar-refractivity contribution in [3.8, 4) is 5.69 Å². The predicted octanol–water partition coefficient (Wildman–Crippen LogP) is 4.50. The van der Waals surface area contributed by atoms with E-state index in [4.69, 9.17) is 28.9 Å². The molecule has 3 aromatic rings. The summed E-state index contributed by atoms with van der Waals surface area (Å²) >= 11 is 15.6. The molecule has 25 heavy (non-hydrogen) atoms.